The number of aromatic nitrogens is 2. The molecule has 0 radical (unpaired) electrons. The van der Waals surface area contributed by atoms with Crippen LogP contribution in [0.5, 0.6) is 0 Å². The summed E-state index contributed by atoms with van der Waals surface area (Å²) in [6.45, 7) is 0. The summed E-state index contributed by atoms with van der Waals surface area (Å²) in [7, 11) is 0. The Hall–Kier alpha value is -2.84. The number of imidazole rings is 1. The lowest BCUT2D eigenvalue weighted by atomic mass is 10.1. The van der Waals surface area contributed by atoms with Crippen molar-refractivity contribution < 1.29 is 4.39 Å². The first-order valence-corrected chi connectivity index (χ1v) is 6.80. The van der Waals surface area contributed by atoms with Gasteiger partial charge in [-0.2, -0.15) is 5.26 Å². The Morgan fingerprint density at radius 1 is 1.27 bits per heavy atom. The molecule has 0 fully saturated rings. The predicted octanol–water partition coefficient (Wildman–Crippen LogP) is 4.28. The first kappa shape index (κ1) is 14.1. The molecule has 3 rings (SSSR count). The second kappa shape index (κ2) is 5.88. The Bertz CT molecular complexity index is 853. The van der Waals surface area contributed by atoms with Gasteiger partial charge >= 0.3 is 0 Å². The minimum absolute atomic E-state index is 0.0225. The van der Waals surface area contributed by atoms with E-state index in [9.17, 15) is 9.65 Å². The second-order valence-corrected chi connectivity index (χ2v) is 4.94. The van der Waals surface area contributed by atoms with Crippen LogP contribution in [0.15, 0.2) is 55.1 Å². The average molecular weight is 313 g/mol. The zero-order chi connectivity index (χ0) is 15.5. The highest BCUT2D eigenvalue weighted by Crippen LogP contribution is 2.27. The quantitative estimate of drug-likeness (QED) is 0.785. The first-order chi connectivity index (χ1) is 10.7. The maximum Gasteiger partial charge on any atom is 0.141 e. The number of rotatable bonds is 3. The number of hydrogen-bond donors (Lipinski definition) is 1. The number of hydrogen-bond acceptors (Lipinski definition) is 3. The number of nitriles is 1. The van der Waals surface area contributed by atoms with Gasteiger partial charge < -0.3 is 9.88 Å². The van der Waals surface area contributed by atoms with Gasteiger partial charge in [0.05, 0.1) is 28.3 Å². The van der Waals surface area contributed by atoms with Gasteiger partial charge in [0.25, 0.3) is 0 Å². The molecule has 0 aliphatic carbocycles. The van der Waals surface area contributed by atoms with Crippen molar-refractivity contribution in [3.05, 3.63) is 71.5 Å². The molecular weight excluding hydrogens is 303 g/mol. The molecule has 2 aromatic carbocycles. The van der Waals surface area contributed by atoms with Crippen LogP contribution in [0.1, 0.15) is 5.56 Å². The summed E-state index contributed by atoms with van der Waals surface area (Å²) in [5.74, 6) is -0.486. The van der Waals surface area contributed by atoms with Crippen molar-refractivity contribution in [3.8, 4) is 11.8 Å². The molecule has 0 atom stereocenters. The van der Waals surface area contributed by atoms with Crippen LogP contribution >= 0.6 is 11.6 Å². The molecule has 1 heterocycles. The van der Waals surface area contributed by atoms with Gasteiger partial charge in [0.1, 0.15) is 11.9 Å². The van der Waals surface area contributed by atoms with Gasteiger partial charge in [0.15, 0.2) is 0 Å². The summed E-state index contributed by atoms with van der Waals surface area (Å²) in [5, 5.41) is 12.6. The highest BCUT2D eigenvalue weighted by atomic mass is 35.5. The fraction of sp³-hybridized carbons (Fsp3) is 0. The number of nitrogens with one attached hydrogen (secondary N) is 1. The summed E-state index contributed by atoms with van der Waals surface area (Å²) in [6, 6.07) is 11.9. The van der Waals surface area contributed by atoms with Gasteiger partial charge in [-0.25, -0.2) is 9.37 Å². The zero-order valence-electron chi connectivity index (χ0n) is 11.3. The van der Waals surface area contributed by atoms with E-state index in [2.05, 4.69) is 16.4 Å². The zero-order valence-corrected chi connectivity index (χ0v) is 12.0. The summed E-state index contributed by atoms with van der Waals surface area (Å²) in [6.07, 6.45) is 5.02. The Kier molecular flexibility index (Phi) is 3.77. The van der Waals surface area contributed by atoms with Crippen molar-refractivity contribution in [2.24, 2.45) is 0 Å². The Morgan fingerprint density at radius 2 is 2.14 bits per heavy atom. The third-order valence-corrected chi connectivity index (χ3v) is 3.43. The van der Waals surface area contributed by atoms with E-state index in [1.807, 2.05) is 12.1 Å². The smallest absolute Gasteiger partial charge is 0.141 e. The van der Waals surface area contributed by atoms with E-state index >= 15 is 0 Å². The van der Waals surface area contributed by atoms with Gasteiger partial charge in [-0.15, -0.1) is 0 Å². The molecule has 1 N–H and O–H groups in total. The van der Waals surface area contributed by atoms with Crippen LogP contribution in [-0.4, -0.2) is 9.55 Å². The molecule has 3 aromatic rings. The van der Waals surface area contributed by atoms with Gasteiger partial charge in [-0.3, -0.25) is 0 Å². The number of anilines is 2. The highest BCUT2D eigenvalue weighted by Gasteiger charge is 2.10. The van der Waals surface area contributed by atoms with Crippen LogP contribution in [0.2, 0.25) is 5.02 Å². The molecule has 4 nitrogen and oxygen atoms in total. The average Bonchev–Trinajstić information content (AvgIpc) is 3.05. The number of halogens is 2. The van der Waals surface area contributed by atoms with Crippen LogP contribution < -0.4 is 5.32 Å². The van der Waals surface area contributed by atoms with Gasteiger partial charge in [0, 0.05) is 18.1 Å². The molecule has 0 saturated carbocycles. The van der Waals surface area contributed by atoms with Crippen molar-refractivity contribution in [1.82, 2.24) is 9.55 Å². The van der Waals surface area contributed by atoms with Crippen molar-refractivity contribution in [2.75, 3.05) is 5.32 Å². The van der Waals surface area contributed by atoms with E-state index in [0.29, 0.717) is 22.6 Å². The monoisotopic (exact) mass is 312 g/mol. The van der Waals surface area contributed by atoms with Crippen molar-refractivity contribution in [3.63, 3.8) is 0 Å². The van der Waals surface area contributed by atoms with Crippen molar-refractivity contribution in [2.45, 2.75) is 0 Å². The van der Waals surface area contributed by atoms with E-state index in [1.54, 1.807) is 35.4 Å². The molecule has 0 saturated heterocycles. The van der Waals surface area contributed by atoms with Crippen LogP contribution in [0.25, 0.3) is 5.69 Å². The van der Waals surface area contributed by atoms with Crippen LogP contribution in [0.4, 0.5) is 15.8 Å². The number of nitrogens with zero attached hydrogens (tertiary/aromatic N) is 3. The van der Waals surface area contributed by atoms with Crippen LogP contribution in [0.3, 0.4) is 0 Å². The lowest BCUT2D eigenvalue weighted by Crippen LogP contribution is -2.00. The maximum atomic E-state index is 13.2. The van der Waals surface area contributed by atoms with Crippen LogP contribution in [0, 0.1) is 17.1 Å². The van der Waals surface area contributed by atoms with Crippen LogP contribution in [-0.2, 0) is 0 Å². The largest absolute Gasteiger partial charge is 0.354 e. The molecule has 0 unspecified atom stereocenters. The summed E-state index contributed by atoms with van der Waals surface area (Å²) < 4.78 is 15.0. The molecule has 22 heavy (non-hydrogen) atoms. The molecule has 0 bridgehead atoms. The van der Waals surface area contributed by atoms with Gasteiger partial charge in [-0.1, -0.05) is 17.7 Å². The van der Waals surface area contributed by atoms with Gasteiger partial charge in [-0.05, 0) is 30.3 Å². The molecule has 108 valence electrons. The van der Waals surface area contributed by atoms with Gasteiger partial charge in [0.2, 0.25) is 0 Å². The minimum atomic E-state index is -0.486. The molecule has 0 spiro atoms. The topological polar surface area (TPSA) is 53.6 Å². The normalized spacial score (nSPS) is 10.2. The summed E-state index contributed by atoms with van der Waals surface area (Å²) in [4.78, 5) is 3.98. The highest BCUT2D eigenvalue weighted by molar-refractivity contribution is 6.31. The molecular formula is C16H10ClFN4. The first-order valence-electron chi connectivity index (χ1n) is 6.42. The molecule has 0 aliphatic rings. The second-order valence-electron chi connectivity index (χ2n) is 4.54. The predicted molar refractivity (Wildman–Crippen MR) is 83.0 cm³/mol. The van der Waals surface area contributed by atoms with E-state index in [1.165, 1.54) is 12.1 Å². The number of benzene rings is 2. The Morgan fingerprint density at radius 3 is 2.82 bits per heavy atom. The third-order valence-electron chi connectivity index (χ3n) is 3.14. The molecule has 0 aliphatic heterocycles. The lowest BCUT2D eigenvalue weighted by molar-refractivity contribution is 0.628. The maximum absolute atomic E-state index is 13.2. The van der Waals surface area contributed by atoms with Crippen molar-refractivity contribution >= 4 is 23.0 Å². The van der Waals surface area contributed by atoms with E-state index in [0.717, 1.165) is 0 Å². The Labute approximate surface area is 131 Å². The standard InChI is InChI=1S/C16H10ClFN4/c17-13-8-11(4-5-14(13)18)21-15-2-1-3-16(12(15)9-19)22-7-6-20-10-22/h1-8,10,21H. The molecule has 6 heteroatoms. The molecule has 1 aromatic heterocycles. The fourth-order valence-electron chi connectivity index (χ4n) is 2.11. The van der Waals surface area contributed by atoms with E-state index < -0.39 is 5.82 Å². The molecule has 0 amide bonds. The Balaban J connectivity index is 2.02. The van der Waals surface area contributed by atoms with Crippen molar-refractivity contribution in [1.29, 1.82) is 5.26 Å². The van der Waals surface area contributed by atoms with E-state index in [-0.39, 0.29) is 5.02 Å². The summed E-state index contributed by atoms with van der Waals surface area (Å²) in [5.41, 5.74) is 2.38. The fourth-order valence-corrected chi connectivity index (χ4v) is 2.29. The van der Waals surface area contributed by atoms with E-state index in [4.69, 9.17) is 11.6 Å². The lowest BCUT2D eigenvalue weighted by Gasteiger charge is -2.12. The third kappa shape index (κ3) is 2.65. The minimum Gasteiger partial charge on any atom is -0.354 e. The summed E-state index contributed by atoms with van der Waals surface area (Å²) >= 11 is 5.77. The SMILES string of the molecule is N#Cc1c(Nc2ccc(F)c(Cl)c2)cccc1-n1ccnc1.